The second-order valence-corrected chi connectivity index (χ2v) is 4.88. The number of aliphatic carboxylic acids is 1. The van der Waals surface area contributed by atoms with Crippen molar-refractivity contribution in [3.05, 3.63) is 0 Å². The fourth-order valence-electron chi connectivity index (χ4n) is 2.51. The lowest BCUT2D eigenvalue weighted by Crippen LogP contribution is -2.60. The van der Waals surface area contributed by atoms with E-state index >= 15 is 0 Å². The molecule has 16 heavy (non-hydrogen) atoms. The van der Waals surface area contributed by atoms with Gasteiger partial charge in [0.1, 0.15) is 0 Å². The van der Waals surface area contributed by atoms with Crippen LogP contribution in [0.4, 0.5) is 0 Å². The lowest BCUT2D eigenvalue weighted by atomic mass is 10.0. The van der Waals surface area contributed by atoms with Crippen LogP contribution in [0.5, 0.6) is 0 Å². The van der Waals surface area contributed by atoms with Gasteiger partial charge in [-0.2, -0.15) is 0 Å². The van der Waals surface area contributed by atoms with Crippen LogP contribution in [0.3, 0.4) is 0 Å². The summed E-state index contributed by atoms with van der Waals surface area (Å²) in [6.07, 6.45) is 2.05. The fourth-order valence-corrected chi connectivity index (χ4v) is 2.51. The Labute approximate surface area is 95.0 Å². The van der Waals surface area contributed by atoms with Crippen molar-refractivity contribution in [2.24, 2.45) is 0 Å². The van der Waals surface area contributed by atoms with Crippen LogP contribution in [0, 0.1) is 0 Å². The van der Waals surface area contributed by atoms with Gasteiger partial charge < -0.3 is 10.0 Å². The highest BCUT2D eigenvalue weighted by Gasteiger charge is 2.44. The number of carbonyl (C=O) groups is 2. The van der Waals surface area contributed by atoms with Crippen molar-refractivity contribution in [3.8, 4) is 0 Å². The van der Waals surface area contributed by atoms with Gasteiger partial charge in [0.25, 0.3) is 0 Å². The van der Waals surface area contributed by atoms with E-state index in [2.05, 4.69) is 0 Å². The Hall–Kier alpha value is -1.10. The van der Waals surface area contributed by atoms with Gasteiger partial charge in [-0.1, -0.05) is 0 Å². The van der Waals surface area contributed by atoms with Crippen LogP contribution in [0.15, 0.2) is 0 Å². The van der Waals surface area contributed by atoms with Crippen LogP contribution >= 0.6 is 0 Å². The molecule has 5 heteroatoms. The summed E-state index contributed by atoms with van der Waals surface area (Å²) in [5.41, 5.74) is 0. The van der Waals surface area contributed by atoms with Gasteiger partial charge in [-0.15, -0.1) is 0 Å². The van der Waals surface area contributed by atoms with Crippen LogP contribution in [-0.4, -0.2) is 58.5 Å². The highest BCUT2D eigenvalue weighted by atomic mass is 16.4. The van der Waals surface area contributed by atoms with Crippen LogP contribution in [0.25, 0.3) is 0 Å². The maximum Gasteiger partial charge on any atom is 0.305 e. The highest BCUT2D eigenvalue weighted by Crippen LogP contribution is 2.32. The first kappa shape index (κ1) is 11.4. The van der Waals surface area contributed by atoms with E-state index < -0.39 is 12.0 Å². The SMILES string of the molecule is CC1CN(C)C(CC(=O)O)C(=O)N1C1CC1. The topological polar surface area (TPSA) is 60.9 Å². The summed E-state index contributed by atoms with van der Waals surface area (Å²) in [5.74, 6) is -0.915. The summed E-state index contributed by atoms with van der Waals surface area (Å²) in [4.78, 5) is 26.7. The second kappa shape index (κ2) is 4.05. The summed E-state index contributed by atoms with van der Waals surface area (Å²) in [5, 5.41) is 8.81. The molecule has 0 radical (unpaired) electrons. The Bertz CT molecular complexity index is 314. The number of piperazine rings is 1. The third kappa shape index (κ3) is 2.04. The average molecular weight is 226 g/mol. The van der Waals surface area contributed by atoms with Crippen molar-refractivity contribution in [1.82, 2.24) is 9.80 Å². The van der Waals surface area contributed by atoms with Gasteiger partial charge in [0.15, 0.2) is 0 Å². The molecular formula is C11H18N2O3. The molecule has 1 aliphatic heterocycles. The van der Waals surface area contributed by atoms with Gasteiger partial charge >= 0.3 is 5.97 Å². The predicted molar refractivity (Wildman–Crippen MR) is 58.0 cm³/mol. The third-order valence-corrected chi connectivity index (χ3v) is 3.41. The predicted octanol–water partition coefficient (Wildman–Crippen LogP) is 0.155. The van der Waals surface area contributed by atoms with E-state index in [-0.39, 0.29) is 18.4 Å². The number of hydrogen-bond donors (Lipinski definition) is 1. The van der Waals surface area contributed by atoms with Gasteiger partial charge in [0, 0.05) is 18.6 Å². The normalized spacial score (nSPS) is 31.9. The number of likely N-dealkylation sites (N-methyl/N-ethyl adjacent to an activating group) is 1. The zero-order chi connectivity index (χ0) is 11.9. The standard InChI is InChI=1S/C11H18N2O3/c1-7-6-12(2)9(5-10(14)15)11(16)13(7)8-3-4-8/h7-9H,3-6H2,1-2H3,(H,14,15). The monoisotopic (exact) mass is 226 g/mol. The molecule has 1 amide bonds. The van der Waals surface area contributed by atoms with E-state index in [1.54, 1.807) is 0 Å². The zero-order valence-corrected chi connectivity index (χ0v) is 9.72. The molecule has 1 aliphatic carbocycles. The number of rotatable bonds is 3. The van der Waals surface area contributed by atoms with E-state index in [4.69, 9.17) is 5.11 Å². The van der Waals surface area contributed by atoms with Crippen molar-refractivity contribution < 1.29 is 14.7 Å². The molecule has 1 heterocycles. The van der Waals surface area contributed by atoms with Crippen LogP contribution in [-0.2, 0) is 9.59 Å². The first-order chi connectivity index (χ1) is 7.50. The lowest BCUT2D eigenvalue weighted by Gasteiger charge is -2.42. The molecule has 1 saturated carbocycles. The molecule has 1 saturated heterocycles. The van der Waals surface area contributed by atoms with Crippen molar-refractivity contribution >= 4 is 11.9 Å². The Balaban J connectivity index is 2.11. The minimum Gasteiger partial charge on any atom is -0.481 e. The molecule has 2 rings (SSSR count). The summed E-state index contributed by atoms with van der Waals surface area (Å²) in [6, 6.07) is 0.0943. The quantitative estimate of drug-likeness (QED) is 0.744. The highest BCUT2D eigenvalue weighted by molar-refractivity contribution is 5.87. The molecule has 90 valence electrons. The van der Waals surface area contributed by atoms with Crippen LogP contribution in [0.1, 0.15) is 26.2 Å². The largest absolute Gasteiger partial charge is 0.481 e. The summed E-state index contributed by atoms with van der Waals surface area (Å²) < 4.78 is 0. The summed E-state index contributed by atoms with van der Waals surface area (Å²) in [6.45, 7) is 2.80. The third-order valence-electron chi connectivity index (χ3n) is 3.41. The van der Waals surface area contributed by atoms with E-state index in [1.807, 2.05) is 23.8 Å². The number of nitrogens with zero attached hydrogens (tertiary/aromatic N) is 2. The number of carbonyl (C=O) groups excluding carboxylic acids is 1. The molecule has 2 aliphatic rings. The molecular weight excluding hydrogens is 208 g/mol. The molecule has 0 aromatic heterocycles. The number of carboxylic acids is 1. The minimum absolute atomic E-state index is 0.00819. The van der Waals surface area contributed by atoms with E-state index in [1.165, 1.54) is 0 Å². The first-order valence-electron chi connectivity index (χ1n) is 5.75. The van der Waals surface area contributed by atoms with Crippen LogP contribution in [0.2, 0.25) is 0 Å². The molecule has 0 aromatic carbocycles. The van der Waals surface area contributed by atoms with Crippen molar-refractivity contribution in [1.29, 1.82) is 0 Å². The minimum atomic E-state index is -0.907. The summed E-state index contributed by atoms with van der Waals surface area (Å²) >= 11 is 0. The number of hydrogen-bond acceptors (Lipinski definition) is 3. The molecule has 0 spiro atoms. The Morgan fingerprint density at radius 1 is 1.50 bits per heavy atom. The Kier molecular flexibility index (Phi) is 2.88. The molecule has 2 atom stereocenters. The molecule has 0 bridgehead atoms. The van der Waals surface area contributed by atoms with Crippen molar-refractivity contribution in [2.45, 2.75) is 44.3 Å². The summed E-state index contributed by atoms with van der Waals surface area (Å²) in [7, 11) is 1.83. The lowest BCUT2D eigenvalue weighted by molar-refractivity contribution is -0.151. The number of amides is 1. The first-order valence-corrected chi connectivity index (χ1v) is 5.75. The van der Waals surface area contributed by atoms with Crippen molar-refractivity contribution in [2.75, 3.05) is 13.6 Å². The van der Waals surface area contributed by atoms with Crippen LogP contribution < -0.4 is 0 Å². The Morgan fingerprint density at radius 2 is 2.12 bits per heavy atom. The zero-order valence-electron chi connectivity index (χ0n) is 9.72. The molecule has 0 aromatic rings. The second-order valence-electron chi connectivity index (χ2n) is 4.88. The van der Waals surface area contributed by atoms with Gasteiger partial charge in [-0.25, -0.2) is 0 Å². The molecule has 2 unspecified atom stereocenters. The van der Waals surface area contributed by atoms with Gasteiger partial charge in [-0.05, 0) is 26.8 Å². The Morgan fingerprint density at radius 3 is 2.62 bits per heavy atom. The smallest absolute Gasteiger partial charge is 0.305 e. The van der Waals surface area contributed by atoms with E-state index in [0.717, 1.165) is 19.4 Å². The maximum absolute atomic E-state index is 12.2. The molecule has 5 nitrogen and oxygen atoms in total. The van der Waals surface area contributed by atoms with Gasteiger partial charge in [0.2, 0.25) is 5.91 Å². The average Bonchev–Trinajstić information content (AvgIpc) is 2.95. The number of carboxylic acid groups (broad SMARTS) is 1. The van der Waals surface area contributed by atoms with Gasteiger partial charge in [0.05, 0.1) is 12.5 Å². The fraction of sp³-hybridized carbons (Fsp3) is 0.818. The molecule has 2 fully saturated rings. The van der Waals surface area contributed by atoms with Crippen molar-refractivity contribution in [3.63, 3.8) is 0 Å². The van der Waals surface area contributed by atoms with Gasteiger partial charge in [-0.3, -0.25) is 14.5 Å². The maximum atomic E-state index is 12.2. The van der Waals surface area contributed by atoms with E-state index in [9.17, 15) is 9.59 Å². The molecule has 1 N–H and O–H groups in total. The van der Waals surface area contributed by atoms with E-state index in [0.29, 0.717) is 6.04 Å².